The Morgan fingerprint density at radius 1 is 1.57 bits per heavy atom. The van der Waals surface area contributed by atoms with Crippen molar-refractivity contribution in [1.29, 1.82) is 0 Å². The van der Waals surface area contributed by atoms with E-state index in [4.69, 9.17) is 11.6 Å². The highest BCUT2D eigenvalue weighted by atomic mass is 35.5. The quantitative estimate of drug-likeness (QED) is 0.333. The molecule has 0 nitrogen and oxygen atoms in total. The van der Waals surface area contributed by atoms with Crippen LogP contribution in [0.3, 0.4) is 0 Å². The Bertz CT molecular complexity index is 123. The SMILES string of the molecule is CC#CC1(Cl)CC1. The Labute approximate surface area is 48.9 Å². The van der Waals surface area contributed by atoms with Gasteiger partial charge in [-0.3, -0.25) is 0 Å². The molecular weight excluding hydrogens is 108 g/mol. The maximum atomic E-state index is 5.77. The lowest BCUT2D eigenvalue weighted by molar-refractivity contribution is 1.23. The third kappa shape index (κ3) is 1.11. The molecule has 1 heteroatoms. The molecule has 1 aliphatic carbocycles. The smallest absolute Gasteiger partial charge is 0.105 e. The number of alkyl halides is 1. The van der Waals surface area contributed by atoms with E-state index in [-0.39, 0.29) is 4.87 Å². The summed E-state index contributed by atoms with van der Waals surface area (Å²) < 4.78 is 0. The molecule has 1 rings (SSSR count). The van der Waals surface area contributed by atoms with Gasteiger partial charge in [0.05, 0.1) is 0 Å². The minimum absolute atomic E-state index is 0.0885. The Morgan fingerprint density at radius 3 is 2.29 bits per heavy atom. The molecule has 0 N–H and O–H groups in total. The molecule has 7 heavy (non-hydrogen) atoms. The molecule has 0 aliphatic heterocycles. The summed E-state index contributed by atoms with van der Waals surface area (Å²) in [6.45, 7) is 1.82. The topological polar surface area (TPSA) is 0 Å². The van der Waals surface area contributed by atoms with Gasteiger partial charge in [0.15, 0.2) is 0 Å². The summed E-state index contributed by atoms with van der Waals surface area (Å²) in [5.74, 6) is 5.70. The number of hydrogen-bond donors (Lipinski definition) is 0. The molecule has 0 heterocycles. The summed E-state index contributed by atoms with van der Waals surface area (Å²) in [6, 6.07) is 0. The molecule has 0 atom stereocenters. The van der Waals surface area contributed by atoms with Crippen molar-refractivity contribution in [2.45, 2.75) is 24.6 Å². The summed E-state index contributed by atoms with van der Waals surface area (Å²) in [5.41, 5.74) is 0. The van der Waals surface area contributed by atoms with Crippen LogP contribution in [0.2, 0.25) is 0 Å². The van der Waals surface area contributed by atoms with Crippen molar-refractivity contribution < 1.29 is 0 Å². The zero-order chi connectivity index (χ0) is 5.33. The Morgan fingerprint density at radius 2 is 2.14 bits per heavy atom. The highest BCUT2D eigenvalue weighted by molar-refractivity contribution is 6.28. The second-order valence-electron chi connectivity index (χ2n) is 1.84. The van der Waals surface area contributed by atoms with E-state index in [1.54, 1.807) is 0 Å². The molecule has 0 radical (unpaired) electrons. The molecule has 0 aromatic rings. The predicted octanol–water partition coefficient (Wildman–Crippen LogP) is 1.78. The third-order valence-electron chi connectivity index (χ3n) is 1.04. The summed E-state index contributed by atoms with van der Waals surface area (Å²) in [5, 5.41) is 0. The minimum atomic E-state index is -0.0885. The first-order chi connectivity index (χ1) is 3.27. The Kier molecular flexibility index (Phi) is 1.01. The van der Waals surface area contributed by atoms with Crippen molar-refractivity contribution in [3.05, 3.63) is 0 Å². The number of hydrogen-bond acceptors (Lipinski definition) is 0. The van der Waals surface area contributed by atoms with Gasteiger partial charge in [0.1, 0.15) is 4.87 Å². The lowest BCUT2D eigenvalue weighted by Gasteiger charge is -1.85. The van der Waals surface area contributed by atoms with Crippen molar-refractivity contribution in [3.8, 4) is 11.8 Å². The molecular formula is C6H7Cl. The van der Waals surface area contributed by atoms with E-state index >= 15 is 0 Å². The van der Waals surface area contributed by atoms with Gasteiger partial charge in [-0.15, -0.1) is 17.5 Å². The van der Waals surface area contributed by atoms with Crippen LogP contribution in [0.4, 0.5) is 0 Å². The Hall–Kier alpha value is -0.150. The summed E-state index contributed by atoms with van der Waals surface area (Å²) in [4.78, 5) is -0.0885. The number of rotatable bonds is 0. The van der Waals surface area contributed by atoms with Crippen LogP contribution in [-0.2, 0) is 0 Å². The van der Waals surface area contributed by atoms with Crippen LogP contribution >= 0.6 is 11.6 Å². The van der Waals surface area contributed by atoms with Gasteiger partial charge < -0.3 is 0 Å². The summed E-state index contributed by atoms with van der Waals surface area (Å²) in [6.07, 6.45) is 2.16. The van der Waals surface area contributed by atoms with Crippen molar-refractivity contribution in [3.63, 3.8) is 0 Å². The van der Waals surface area contributed by atoms with Gasteiger partial charge in [-0.05, 0) is 19.8 Å². The maximum absolute atomic E-state index is 5.77. The van der Waals surface area contributed by atoms with Crippen LogP contribution < -0.4 is 0 Å². The van der Waals surface area contributed by atoms with Gasteiger partial charge in [-0.2, -0.15) is 0 Å². The molecule has 0 saturated heterocycles. The molecule has 1 saturated carbocycles. The van der Waals surface area contributed by atoms with Crippen molar-refractivity contribution in [2.24, 2.45) is 0 Å². The average Bonchev–Trinajstić information content (AvgIpc) is 2.22. The third-order valence-corrected chi connectivity index (χ3v) is 1.51. The first-order valence-corrected chi connectivity index (χ1v) is 2.77. The molecule has 1 fully saturated rings. The monoisotopic (exact) mass is 114 g/mol. The van der Waals surface area contributed by atoms with E-state index in [1.165, 1.54) is 0 Å². The zero-order valence-electron chi connectivity index (χ0n) is 4.29. The van der Waals surface area contributed by atoms with Crippen LogP contribution in [-0.4, -0.2) is 4.87 Å². The number of halogens is 1. The lowest BCUT2D eigenvalue weighted by Crippen LogP contribution is -1.87. The second kappa shape index (κ2) is 1.42. The molecule has 0 aromatic heterocycles. The molecule has 38 valence electrons. The van der Waals surface area contributed by atoms with Gasteiger partial charge >= 0.3 is 0 Å². The zero-order valence-corrected chi connectivity index (χ0v) is 5.05. The summed E-state index contributed by atoms with van der Waals surface area (Å²) in [7, 11) is 0. The lowest BCUT2D eigenvalue weighted by atomic mass is 10.4. The highest BCUT2D eigenvalue weighted by Gasteiger charge is 2.38. The van der Waals surface area contributed by atoms with Crippen LogP contribution in [0, 0.1) is 11.8 Å². The standard InChI is InChI=1S/C6H7Cl/c1-2-3-6(7)4-5-6/h4-5H2,1H3. The molecule has 0 bridgehead atoms. The van der Waals surface area contributed by atoms with Gasteiger partial charge in [-0.1, -0.05) is 5.92 Å². The maximum Gasteiger partial charge on any atom is 0.105 e. The van der Waals surface area contributed by atoms with E-state index in [9.17, 15) is 0 Å². The van der Waals surface area contributed by atoms with E-state index in [0.717, 1.165) is 12.8 Å². The van der Waals surface area contributed by atoms with E-state index in [0.29, 0.717) is 0 Å². The van der Waals surface area contributed by atoms with Crippen LogP contribution in [0.5, 0.6) is 0 Å². The normalized spacial score (nSPS) is 22.6. The summed E-state index contributed by atoms with van der Waals surface area (Å²) >= 11 is 5.77. The Balaban J connectivity index is 2.50. The molecule has 0 unspecified atom stereocenters. The van der Waals surface area contributed by atoms with Gasteiger partial charge in [0.2, 0.25) is 0 Å². The van der Waals surface area contributed by atoms with Crippen molar-refractivity contribution in [1.82, 2.24) is 0 Å². The van der Waals surface area contributed by atoms with E-state index < -0.39 is 0 Å². The predicted molar refractivity (Wildman–Crippen MR) is 31.3 cm³/mol. The first kappa shape index (κ1) is 5.00. The first-order valence-electron chi connectivity index (χ1n) is 2.40. The van der Waals surface area contributed by atoms with Crippen LogP contribution in [0.25, 0.3) is 0 Å². The van der Waals surface area contributed by atoms with Gasteiger partial charge in [0, 0.05) is 0 Å². The molecule has 0 aromatic carbocycles. The fraction of sp³-hybridized carbons (Fsp3) is 0.667. The average molecular weight is 115 g/mol. The van der Waals surface area contributed by atoms with Gasteiger partial charge in [-0.25, -0.2) is 0 Å². The van der Waals surface area contributed by atoms with Crippen molar-refractivity contribution in [2.75, 3.05) is 0 Å². The second-order valence-corrected chi connectivity index (χ2v) is 2.56. The molecule has 0 spiro atoms. The van der Waals surface area contributed by atoms with E-state index in [1.807, 2.05) is 6.92 Å². The van der Waals surface area contributed by atoms with Crippen LogP contribution in [0.15, 0.2) is 0 Å². The van der Waals surface area contributed by atoms with Crippen LogP contribution in [0.1, 0.15) is 19.8 Å². The fourth-order valence-corrected chi connectivity index (χ4v) is 0.648. The highest BCUT2D eigenvalue weighted by Crippen LogP contribution is 2.41. The fourth-order valence-electron chi connectivity index (χ4n) is 0.459. The molecule has 0 amide bonds. The van der Waals surface area contributed by atoms with E-state index in [2.05, 4.69) is 11.8 Å². The van der Waals surface area contributed by atoms with Crippen molar-refractivity contribution >= 4 is 11.6 Å². The largest absolute Gasteiger partial charge is 0.105 e. The minimum Gasteiger partial charge on any atom is -0.105 e. The van der Waals surface area contributed by atoms with Gasteiger partial charge in [0.25, 0.3) is 0 Å². The molecule has 1 aliphatic rings.